The number of hydrogen-bond donors (Lipinski definition) is 0. The Morgan fingerprint density at radius 3 is 1.53 bits per heavy atom. The summed E-state index contributed by atoms with van der Waals surface area (Å²) in [6, 6.07) is 19.9. The maximum Gasteiger partial charge on any atom is 0.158 e. The predicted molar refractivity (Wildman–Crippen MR) is 136 cm³/mol. The van der Waals surface area contributed by atoms with Crippen molar-refractivity contribution in [2.45, 2.75) is 76.2 Å². The lowest BCUT2D eigenvalue weighted by Crippen LogP contribution is -2.38. The molecule has 6 heteroatoms. The Hall–Kier alpha value is -2.64. The van der Waals surface area contributed by atoms with Crippen LogP contribution in [0.2, 0.25) is 0 Å². The number of ketones is 2. The van der Waals surface area contributed by atoms with E-state index < -0.39 is 0 Å². The van der Waals surface area contributed by atoms with Gasteiger partial charge in [-0.25, -0.2) is 0 Å². The van der Waals surface area contributed by atoms with E-state index in [2.05, 4.69) is 0 Å². The Bertz CT molecular complexity index is 894. The molecule has 2 heterocycles. The van der Waals surface area contributed by atoms with Gasteiger partial charge in [-0.15, -0.1) is 0 Å². The Labute approximate surface area is 213 Å². The largest absolute Gasteiger partial charge is 0.375 e. The predicted octanol–water partition coefficient (Wildman–Crippen LogP) is 4.99. The molecule has 0 aliphatic carbocycles. The number of hydrogen-bond acceptors (Lipinski definition) is 6. The zero-order chi connectivity index (χ0) is 25.0. The van der Waals surface area contributed by atoms with Gasteiger partial charge in [0.1, 0.15) is 0 Å². The lowest BCUT2D eigenvalue weighted by atomic mass is 9.98. The molecule has 36 heavy (non-hydrogen) atoms. The van der Waals surface area contributed by atoms with Gasteiger partial charge in [-0.1, -0.05) is 60.7 Å². The molecule has 2 aliphatic rings. The number of carbonyl (C=O) groups excluding carboxylic acids is 2. The van der Waals surface area contributed by atoms with Crippen molar-refractivity contribution in [2.24, 2.45) is 0 Å². The fraction of sp³-hybridized carbons (Fsp3) is 0.467. The molecule has 0 unspecified atom stereocenters. The lowest BCUT2D eigenvalue weighted by Gasteiger charge is -2.31. The normalized spacial score (nSPS) is 24.6. The number of allylic oxidation sites excluding steroid dienone is 2. The van der Waals surface area contributed by atoms with Crippen molar-refractivity contribution in [3.05, 3.63) is 83.9 Å². The number of benzene rings is 2. The molecule has 2 saturated heterocycles. The Morgan fingerprint density at radius 1 is 0.694 bits per heavy atom. The molecule has 4 rings (SSSR count). The summed E-state index contributed by atoms with van der Waals surface area (Å²) in [6.07, 6.45) is 5.82. The van der Waals surface area contributed by atoms with E-state index in [0.717, 1.165) is 36.8 Å². The van der Waals surface area contributed by atoms with Gasteiger partial charge in [0, 0.05) is 26.1 Å². The highest BCUT2D eigenvalue weighted by atomic mass is 16.5. The first-order chi connectivity index (χ1) is 17.7. The molecular weight excluding hydrogens is 456 g/mol. The molecular formula is C30H36O6. The summed E-state index contributed by atoms with van der Waals surface area (Å²) in [5.41, 5.74) is 2.18. The van der Waals surface area contributed by atoms with Crippen LogP contribution >= 0.6 is 0 Å². The number of rotatable bonds is 12. The third-order valence-corrected chi connectivity index (χ3v) is 6.63. The van der Waals surface area contributed by atoms with Crippen molar-refractivity contribution in [3.8, 4) is 0 Å². The van der Waals surface area contributed by atoms with Crippen LogP contribution in [0, 0.1) is 0 Å². The third-order valence-electron chi connectivity index (χ3n) is 6.63. The third kappa shape index (κ3) is 8.49. The minimum absolute atomic E-state index is 0.134. The van der Waals surface area contributed by atoms with Crippen LogP contribution in [0.4, 0.5) is 0 Å². The maximum absolute atomic E-state index is 12.6. The van der Waals surface area contributed by atoms with Gasteiger partial charge in [0.25, 0.3) is 0 Å². The van der Waals surface area contributed by atoms with Gasteiger partial charge in [-0.3, -0.25) is 9.59 Å². The molecule has 0 amide bonds. The van der Waals surface area contributed by atoms with Crippen LogP contribution in [-0.4, -0.2) is 49.2 Å². The van der Waals surface area contributed by atoms with Gasteiger partial charge < -0.3 is 18.9 Å². The van der Waals surface area contributed by atoms with Crippen LogP contribution in [0.15, 0.2) is 72.8 Å². The Balaban J connectivity index is 1.23. The lowest BCUT2D eigenvalue weighted by molar-refractivity contribution is -0.134. The molecule has 0 saturated carbocycles. The van der Waals surface area contributed by atoms with Gasteiger partial charge >= 0.3 is 0 Å². The van der Waals surface area contributed by atoms with Crippen molar-refractivity contribution < 1.29 is 28.5 Å². The summed E-state index contributed by atoms with van der Waals surface area (Å²) in [5.74, 6) is -0.269. The smallest absolute Gasteiger partial charge is 0.158 e. The highest BCUT2D eigenvalue weighted by Gasteiger charge is 2.30. The summed E-state index contributed by atoms with van der Waals surface area (Å²) >= 11 is 0. The van der Waals surface area contributed by atoms with Crippen molar-refractivity contribution in [1.29, 1.82) is 0 Å². The summed E-state index contributed by atoms with van der Waals surface area (Å²) in [7, 11) is 0. The van der Waals surface area contributed by atoms with Gasteiger partial charge in [0.05, 0.1) is 37.6 Å². The van der Waals surface area contributed by atoms with Gasteiger partial charge in [0.15, 0.2) is 11.6 Å². The monoisotopic (exact) mass is 492 g/mol. The van der Waals surface area contributed by atoms with Gasteiger partial charge in [0.2, 0.25) is 0 Å². The molecule has 2 aromatic rings. The average molecular weight is 493 g/mol. The second-order valence-corrected chi connectivity index (χ2v) is 9.45. The van der Waals surface area contributed by atoms with Crippen LogP contribution < -0.4 is 0 Å². The van der Waals surface area contributed by atoms with Crippen molar-refractivity contribution in [1.82, 2.24) is 0 Å². The highest BCUT2D eigenvalue weighted by molar-refractivity contribution is 5.99. The molecule has 2 fully saturated rings. The van der Waals surface area contributed by atoms with E-state index in [-0.39, 0.29) is 48.8 Å². The van der Waals surface area contributed by atoms with Crippen LogP contribution in [0.3, 0.4) is 0 Å². The second-order valence-electron chi connectivity index (χ2n) is 9.45. The van der Waals surface area contributed by atoms with E-state index in [1.54, 1.807) is 0 Å². The second kappa shape index (κ2) is 14.2. The topological polar surface area (TPSA) is 71.1 Å². The zero-order valence-corrected chi connectivity index (χ0v) is 20.8. The van der Waals surface area contributed by atoms with E-state index in [4.69, 9.17) is 18.9 Å². The standard InChI is InChI=1S/C30H36O6/c31-25(19-29-27(13-7-17-33-29)35-21-23-9-3-1-4-10-23)15-16-26(32)20-30-28(14-8-18-34-30)36-22-24-11-5-2-6-12-24/h1-6,9-12,15-16,27-30H,7-8,13-14,17-22H2/b16-15+/t27-,28-,29+,30+/m1/s1. The molecule has 0 radical (unpaired) electrons. The Kier molecular flexibility index (Phi) is 10.4. The highest BCUT2D eigenvalue weighted by Crippen LogP contribution is 2.23. The molecule has 2 aromatic carbocycles. The minimum Gasteiger partial charge on any atom is -0.375 e. The molecule has 0 spiro atoms. The SMILES string of the molecule is O=C(/C=C/C(=O)C[C@@H]1OCCC[C@H]1OCc1ccccc1)C[C@@H]1OCCC[C@H]1OCc1ccccc1. The van der Waals surface area contributed by atoms with Gasteiger partial charge in [-0.05, 0) is 49.0 Å². The molecule has 4 atom stereocenters. The van der Waals surface area contributed by atoms with Crippen molar-refractivity contribution >= 4 is 11.6 Å². The fourth-order valence-electron chi connectivity index (χ4n) is 4.66. The maximum atomic E-state index is 12.6. The molecule has 2 aliphatic heterocycles. The number of carbonyl (C=O) groups is 2. The zero-order valence-electron chi connectivity index (χ0n) is 20.8. The van der Waals surface area contributed by atoms with Crippen LogP contribution in [0.1, 0.15) is 49.7 Å². The fourth-order valence-corrected chi connectivity index (χ4v) is 4.66. The van der Waals surface area contributed by atoms with E-state index in [1.165, 1.54) is 12.2 Å². The summed E-state index contributed by atoms with van der Waals surface area (Å²) in [5, 5.41) is 0. The summed E-state index contributed by atoms with van der Waals surface area (Å²) in [6.45, 7) is 2.22. The minimum atomic E-state index is -0.299. The average Bonchev–Trinajstić information content (AvgIpc) is 2.92. The first-order valence-corrected chi connectivity index (χ1v) is 13.0. The molecule has 0 bridgehead atoms. The van der Waals surface area contributed by atoms with E-state index >= 15 is 0 Å². The molecule has 0 N–H and O–H groups in total. The summed E-state index contributed by atoms with van der Waals surface area (Å²) in [4.78, 5) is 25.2. The first-order valence-electron chi connectivity index (χ1n) is 13.0. The van der Waals surface area contributed by atoms with E-state index in [0.29, 0.717) is 26.4 Å². The molecule has 0 aromatic heterocycles. The van der Waals surface area contributed by atoms with Crippen LogP contribution in [0.25, 0.3) is 0 Å². The van der Waals surface area contributed by atoms with Gasteiger partial charge in [-0.2, -0.15) is 0 Å². The van der Waals surface area contributed by atoms with E-state index in [1.807, 2.05) is 60.7 Å². The summed E-state index contributed by atoms with van der Waals surface area (Å²) < 4.78 is 23.9. The van der Waals surface area contributed by atoms with E-state index in [9.17, 15) is 9.59 Å². The van der Waals surface area contributed by atoms with Crippen LogP contribution in [0.5, 0.6) is 0 Å². The molecule has 192 valence electrons. The first kappa shape index (κ1) is 26.4. The Morgan fingerprint density at radius 2 is 1.11 bits per heavy atom. The number of ether oxygens (including phenoxy) is 4. The quantitative estimate of drug-likeness (QED) is 0.389. The van der Waals surface area contributed by atoms with Crippen molar-refractivity contribution in [2.75, 3.05) is 13.2 Å². The van der Waals surface area contributed by atoms with Crippen molar-refractivity contribution in [3.63, 3.8) is 0 Å². The van der Waals surface area contributed by atoms with Crippen LogP contribution in [-0.2, 0) is 41.8 Å². The molecule has 6 nitrogen and oxygen atoms in total.